The zero-order chi connectivity index (χ0) is 13.2. The molecular formula is C14H22N2O2. The highest BCUT2D eigenvalue weighted by Crippen LogP contribution is 2.17. The maximum atomic E-state index is 5.68. The highest BCUT2D eigenvalue weighted by molar-refractivity contribution is 5.25. The van der Waals surface area contributed by atoms with E-state index in [0.717, 1.165) is 12.2 Å². The van der Waals surface area contributed by atoms with E-state index in [4.69, 9.17) is 9.47 Å². The zero-order valence-corrected chi connectivity index (χ0v) is 11.6. The van der Waals surface area contributed by atoms with E-state index in [2.05, 4.69) is 37.1 Å². The van der Waals surface area contributed by atoms with Gasteiger partial charge in [0.25, 0.3) is 0 Å². The van der Waals surface area contributed by atoms with E-state index in [9.17, 15) is 0 Å². The summed E-state index contributed by atoms with van der Waals surface area (Å²) in [6.45, 7) is 10.7. The minimum absolute atomic E-state index is 0.116. The molecule has 1 aliphatic heterocycles. The van der Waals surface area contributed by atoms with Gasteiger partial charge in [-0.25, -0.2) is 4.98 Å². The summed E-state index contributed by atoms with van der Waals surface area (Å²) in [5.74, 6) is 0.695. The van der Waals surface area contributed by atoms with Gasteiger partial charge in [0.1, 0.15) is 6.10 Å². The smallest absolute Gasteiger partial charge is 0.213 e. The summed E-state index contributed by atoms with van der Waals surface area (Å²) in [6.07, 6.45) is 0.176. The number of hydrogen-bond acceptors (Lipinski definition) is 4. The summed E-state index contributed by atoms with van der Waals surface area (Å²) >= 11 is 0. The third-order valence-corrected chi connectivity index (χ3v) is 2.87. The van der Waals surface area contributed by atoms with Crippen molar-refractivity contribution in [1.29, 1.82) is 0 Å². The number of rotatable bonds is 4. The Kier molecular flexibility index (Phi) is 3.88. The van der Waals surface area contributed by atoms with Crippen molar-refractivity contribution < 1.29 is 9.47 Å². The van der Waals surface area contributed by atoms with Crippen molar-refractivity contribution in [2.24, 2.45) is 0 Å². The molecule has 4 heteroatoms. The Morgan fingerprint density at radius 2 is 2.11 bits per heavy atom. The van der Waals surface area contributed by atoms with E-state index in [0.29, 0.717) is 19.1 Å². The fourth-order valence-electron chi connectivity index (χ4n) is 1.63. The van der Waals surface area contributed by atoms with Gasteiger partial charge in [0.2, 0.25) is 5.88 Å². The first kappa shape index (κ1) is 13.3. The van der Waals surface area contributed by atoms with Crippen molar-refractivity contribution in [1.82, 2.24) is 10.3 Å². The Bertz CT molecular complexity index is 409. The van der Waals surface area contributed by atoms with E-state index in [-0.39, 0.29) is 11.6 Å². The molecule has 1 N–H and O–H groups in total. The van der Waals surface area contributed by atoms with Crippen LogP contribution in [0.2, 0.25) is 0 Å². The molecule has 0 aromatic carbocycles. The molecule has 0 saturated carbocycles. The van der Waals surface area contributed by atoms with Gasteiger partial charge in [0, 0.05) is 23.8 Å². The van der Waals surface area contributed by atoms with Gasteiger partial charge < -0.3 is 14.8 Å². The molecule has 2 rings (SSSR count). The van der Waals surface area contributed by atoms with Crippen molar-refractivity contribution in [3.05, 3.63) is 23.4 Å². The van der Waals surface area contributed by atoms with Crippen LogP contribution in [-0.2, 0) is 11.3 Å². The maximum Gasteiger partial charge on any atom is 0.213 e. The van der Waals surface area contributed by atoms with Crippen molar-refractivity contribution in [3.63, 3.8) is 0 Å². The molecule has 0 radical (unpaired) electrons. The van der Waals surface area contributed by atoms with E-state index < -0.39 is 0 Å². The predicted octanol–water partition coefficient (Wildman–Crippen LogP) is 2.06. The lowest BCUT2D eigenvalue weighted by Gasteiger charge is -2.26. The van der Waals surface area contributed by atoms with E-state index >= 15 is 0 Å². The quantitative estimate of drug-likeness (QED) is 0.888. The highest BCUT2D eigenvalue weighted by atomic mass is 16.6. The number of pyridine rings is 1. The first-order valence-electron chi connectivity index (χ1n) is 6.40. The van der Waals surface area contributed by atoms with Crippen molar-refractivity contribution >= 4 is 0 Å². The standard InChI is InChI=1S/C14H22N2O2/c1-10-11(7-15-14(2,3)4)5-6-13(16-10)18-12-8-17-9-12/h5-6,12,15H,7-9H2,1-4H3. The molecule has 0 unspecified atom stereocenters. The minimum atomic E-state index is 0.116. The third-order valence-electron chi connectivity index (χ3n) is 2.87. The molecule has 0 amide bonds. The second-order valence-electron chi connectivity index (χ2n) is 5.77. The van der Waals surface area contributed by atoms with Crippen molar-refractivity contribution in [3.8, 4) is 5.88 Å². The number of nitrogens with one attached hydrogen (secondary N) is 1. The number of ether oxygens (including phenoxy) is 2. The molecule has 2 heterocycles. The summed E-state index contributed by atoms with van der Waals surface area (Å²) < 4.78 is 10.7. The molecule has 1 aromatic rings. The number of aryl methyl sites for hydroxylation is 1. The van der Waals surface area contributed by atoms with Crippen LogP contribution < -0.4 is 10.1 Å². The molecule has 4 nitrogen and oxygen atoms in total. The monoisotopic (exact) mass is 250 g/mol. The van der Waals surface area contributed by atoms with Gasteiger partial charge in [0.15, 0.2) is 0 Å². The maximum absolute atomic E-state index is 5.68. The SMILES string of the molecule is Cc1nc(OC2COC2)ccc1CNC(C)(C)C. The molecular weight excluding hydrogens is 228 g/mol. The van der Waals surface area contributed by atoms with Gasteiger partial charge in [-0.15, -0.1) is 0 Å². The van der Waals surface area contributed by atoms with E-state index in [1.807, 2.05) is 13.0 Å². The summed E-state index contributed by atoms with van der Waals surface area (Å²) in [4.78, 5) is 4.48. The van der Waals surface area contributed by atoms with Gasteiger partial charge in [-0.05, 0) is 33.3 Å². The van der Waals surface area contributed by atoms with Crippen LogP contribution in [0.15, 0.2) is 12.1 Å². The fraction of sp³-hybridized carbons (Fsp3) is 0.643. The summed E-state index contributed by atoms with van der Waals surface area (Å²) in [7, 11) is 0. The average molecular weight is 250 g/mol. The Morgan fingerprint density at radius 1 is 1.39 bits per heavy atom. The van der Waals surface area contributed by atoms with Gasteiger partial charge in [-0.1, -0.05) is 6.07 Å². The molecule has 0 bridgehead atoms. The van der Waals surface area contributed by atoms with Gasteiger partial charge >= 0.3 is 0 Å². The molecule has 1 fully saturated rings. The van der Waals surface area contributed by atoms with Crippen LogP contribution in [0, 0.1) is 6.92 Å². The number of aromatic nitrogens is 1. The Morgan fingerprint density at radius 3 is 2.61 bits per heavy atom. The van der Waals surface area contributed by atoms with Crippen molar-refractivity contribution in [2.75, 3.05) is 13.2 Å². The lowest BCUT2D eigenvalue weighted by Crippen LogP contribution is -2.38. The second-order valence-corrected chi connectivity index (χ2v) is 5.77. The zero-order valence-electron chi connectivity index (χ0n) is 11.6. The van der Waals surface area contributed by atoms with Crippen LogP contribution >= 0.6 is 0 Å². The Balaban J connectivity index is 1.96. The van der Waals surface area contributed by atoms with Crippen LogP contribution in [-0.4, -0.2) is 29.8 Å². The molecule has 1 saturated heterocycles. The van der Waals surface area contributed by atoms with Crippen LogP contribution in [0.4, 0.5) is 0 Å². The third kappa shape index (κ3) is 3.68. The normalized spacial score (nSPS) is 16.4. The molecule has 18 heavy (non-hydrogen) atoms. The summed E-state index contributed by atoms with van der Waals surface area (Å²) in [6, 6.07) is 4.01. The second kappa shape index (κ2) is 5.24. The van der Waals surface area contributed by atoms with Crippen LogP contribution in [0.3, 0.4) is 0 Å². The van der Waals surface area contributed by atoms with E-state index in [1.54, 1.807) is 0 Å². The number of nitrogens with zero attached hydrogens (tertiary/aromatic N) is 1. The summed E-state index contributed by atoms with van der Waals surface area (Å²) in [5, 5.41) is 3.46. The Hall–Kier alpha value is -1.13. The van der Waals surface area contributed by atoms with Gasteiger partial charge in [-0.3, -0.25) is 0 Å². The molecule has 0 spiro atoms. The molecule has 1 aliphatic rings. The topological polar surface area (TPSA) is 43.4 Å². The first-order chi connectivity index (χ1) is 8.44. The predicted molar refractivity (Wildman–Crippen MR) is 70.8 cm³/mol. The lowest BCUT2D eigenvalue weighted by molar-refractivity contribution is -0.0813. The highest BCUT2D eigenvalue weighted by Gasteiger charge is 2.20. The van der Waals surface area contributed by atoms with Crippen molar-refractivity contribution in [2.45, 2.75) is 45.9 Å². The molecule has 100 valence electrons. The van der Waals surface area contributed by atoms with Crippen LogP contribution in [0.5, 0.6) is 5.88 Å². The Labute approximate surface area is 109 Å². The lowest BCUT2D eigenvalue weighted by atomic mass is 10.1. The molecule has 0 atom stereocenters. The largest absolute Gasteiger partial charge is 0.469 e. The van der Waals surface area contributed by atoms with Crippen LogP contribution in [0.1, 0.15) is 32.0 Å². The molecule has 1 aromatic heterocycles. The van der Waals surface area contributed by atoms with E-state index in [1.165, 1.54) is 5.56 Å². The number of hydrogen-bond donors (Lipinski definition) is 1. The summed E-state index contributed by atoms with van der Waals surface area (Å²) in [5.41, 5.74) is 2.34. The molecule has 0 aliphatic carbocycles. The minimum Gasteiger partial charge on any atom is -0.469 e. The van der Waals surface area contributed by atoms with Gasteiger partial charge in [0.05, 0.1) is 13.2 Å². The fourth-order valence-corrected chi connectivity index (χ4v) is 1.63. The van der Waals surface area contributed by atoms with Gasteiger partial charge in [-0.2, -0.15) is 0 Å². The van der Waals surface area contributed by atoms with Crippen LogP contribution in [0.25, 0.3) is 0 Å². The average Bonchev–Trinajstić information content (AvgIpc) is 2.21. The first-order valence-corrected chi connectivity index (χ1v) is 6.40.